The van der Waals surface area contributed by atoms with E-state index in [1.165, 1.54) is 27.1 Å². The average molecular weight is 218 g/mol. The summed E-state index contributed by atoms with van der Waals surface area (Å²) >= 11 is 0. The molecule has 17 heavy (non-hydrogen) atoms. The van der Waals surface area contributed by atoms with Gasteiger partial charge in [-0.3, -0.25) is 0 Å². The van der Waals surface area contributed by atoms with Crippen LogP contribution in [0, 0.1) is 0 Å². The van der Waals surface area contributed by atoms with Gasteiger partial charge in [0.05, 0.1) is 0 Å². The average Bonchev–Trinajstić information content (AvgIpc) is 2.39. The van der Waals surface area contributed by atoms with Crippen LogP contribution in [-0.2, 0) is 6.42 Å². The SMILES string of the molecule is C=CCc1cccc2c1ccc1ccccc12. The molecular weight excluding hydrogens is 204 g/mol. The molecule has 0 nitrogen and oxygen atoms in total. The summed E-state index contributed by atoms with van der Waals surface area (Å²) < 4.78 is 0. The number of fused-ring (bicyclic) bond motifs is 3. The van der Waals surface area contributed by atoms with Gasteiger partial charge in [0.25, 0.3) is 0 Å². The summed E-state index contributed by atoms with van der Waals surface area (Å²) in [6.07, 6.45) is 2.89. The number of hydrogen-bond donors (Lipinski definition) is 0. The summed E-state index contributed by atoms with van der Waals surface area (Å²) in [6.45, 7) is 3.83. The Kier molecular flexibility index (Phi) is 2.41. The van der Waals surface area contributed by atoms with Crippen LogP contribution in [0.3, 0.4) is 0 Å². The maximum Gasteiger partial charge on any atom is -0.00940 e. The maximum atomic E-state index is 3.83. The zero-order valence-electron chi connectivity index (χ0n) is 9.69. The van der Waals surface area contributed by atoms with Crippen LogP contribution in [0.4, 0.5) is 0 Å². The summed E-state index contributed by atoms with van der Waals surface area (Å²) in [6, 6.07) is 19.5. The quantitative estimate of drug-likeness (QED) is 0.431. The van der Waals surface area contributed by atoms with Crippen LogP contribution in [0.5, 0.6) is 0 Å². The van der Waals surface area contributed by atoms with E-state index in [1.54, 1.807) is 0 Å². The molecule has 0 fully saturated rings. The van der Waals surface area contributed by atoms with Gasteiger partial charge in [0, 0.05) is 0 Å². The first-order valence-electron chi connectivity index (χ1n) is 5.90. The number of hydrogen-bond acceptors (Lipinski definition) is 0. The van der Waals surface area contributed by atoms with E-state index in [0.29, 0.717) is 0 Å². The molecule has 3 aromatic carbocycles. The number of benzene rings is 3. The largest absolute Gasteiger partial charge is 0.103 e. The second kappa shape index (κ2) is 4.06. The van der Waals surface area contributed by atoms with Crippen molar-refractivity contribution in [2.45, 2.75) is 6.42 Å². The highest BCUT2D eigenvalue weighted by molar-refractivity contribution is 6.08. The van der Waals surface area contributed by atoms with Gasteiger partial charge in [-0.15, -0.1) is 6.58 Å². The first kappa shape index (κ1) is 10.1. The topological polar surface area (TPSA) is 0 Å². The lowest BCUT2D eigenvalue weighted by molar-refractivity contribution is 1.31. The molecule has 0 spiro atoms. The van der Waals surface area contributed by atoms with Crippen molar-refractivity contribution in [3.63, 3.8) is 0 Å². The van der Waals surface area contributed by atoms with Gasteiger partial charge in [-0.25, -0.2) is 0 Å². The van der Waals surface area contributed by atoms with Gasteiger partial charge in [-0.1, -0.05) is 60.7 Å². The molecule has 82 valence electrons. The van der Waals surface area contributed by atoms with Crippen molar-refractivity contribution in [1.82, 2.24) is 0 Å². The van der Waals surface area contributed by atoms with E-state index in [-0.39, 0.29) is 0 Å². The van der Waals surface area contributed by atoms with Gasteiger partial charge in [-0.05, 0) is 33.5 Å². The molecule has 0 heterocycles. The van der Waals surface area contributed by atoms with E-state index < -0.39 is 0 Å². The lowest BCUT2D eigenvalue weighted by Gasteiger charge is -2.07. The zero-order chi connectivity index (χ0) is 11.7. The molecule has 0 aliphatic rings. The second-order valence-corrected chi connectivity index (χ2v) is 4.29. The highest BCUT2D eigenvalue weighted by Gasteiger charge is 2.02. The van der Waals surface area contributed by atoms with Gasteiger partial charge in [-0.2, -0.15) is 0 Å². The Labute approximate surface area is 101 Å². The van der Waals surface area contributed by atoms with E-state index in [1.807, 2.05) is 6.08 Å². The fourth-order valence-corrected chi connectivity index (χ4v) is 2.44. The molecule has 3 rings (SSSR count). The molecule has 0 atom stereocenters. The highest BCUT2D eigenvalue weighted by atomic mass is 14.1. The Hall–Kier alpha value is -2.08. The van der Waals surface area contributed by atoms with Crippen LogP contribution in [0.1, 0.15) is 5.56 Å². The fourth-order valence-electron chi connectivity index (χ4n) is 2.44. The number of rotatable bonds is 2. The van der Waals surface area contributed by atoms with Crippen molar-refractivity contribution in [2.75, 3.05) is 0 Å². The van der Waals surface area contributed by atoms with E-state index in [4.69, 9.17) is 0 Å². The molecule has 0 heteroatoms. The van der Waals surface area contributed by atoms with E-state index in [9.17, 15) is 0 Å². The van der Waals surface area contributed by atoms with Crippen LogP contribution < -0.4 is 0 Å². The smallest absolute Gasteiger partial charge is 0.00940 e. The molecular formula is C17H14. The molecule has 0 radical (unpaired) electrons. The Morgan fingerprint density at radius 3 is 2.47 bits per heavy atom. The van der Waals surface area contributed by atoms with Gasteiger partial charge >= 0.3 is 0 Å². The highest BCUT2D eigenvalue weighted by Crippen LogP contribution is 2.27. The Balaban J connectivity index is 2.43. The zero-order valence-corrected chi connectivity index (χ0v) is 9.69. The maximum absolute atomic E-state index is 3.83. The minimum atomic E-state index is 0.926. The molecule has 0 bridgehead atoms. The predicted molar refractivity (Wildman–Crippen MR) is 75.4 cm³/mol. The molecule has 0 saturated heterocycles. The van der Waals surface area contributed by atoms with Crippen molar-refractivity contribution in [2.24, 2.45) is 0 Å². The first-order valence-corrected chi connectivity index (χ1v) is 5.90. The second-order valence-electron chi connectivity index (χ2n) is 4.29. The lowest BCUT2D eigenvalue weighted by atomic mass is 9.97. The van der Waals surface area contributed by atoms with Gasteiger partial charge in [0.2, 0.25) is 0 Å². The minimum Gasteiger partial charge on any atom is -0.103 e. The monoisotopic (exact) mass is 218 g/mol. The van der Waals surface area contributed by atoms with Crippen LogP contribution in [0.15, 0.2) is 67.3 Å². The molecule has 0 amide bonds. The molecule has 0 aromatic heterocycles. The molecule has 0 unspecified atom stereocenters. The Bertz CT molecular complexity index is 693. The molecule has 3 aromatic rings. The van der Waals surface area contributed by atoms with Crippen LogP contribution in [0.2, 0.25) is 0 Å². The predicted octanol–water partition coefficient (Wildman–Crippen LogP) is 4.72. The minimum absolute atomic E-state index is 0.926. The van der Waals surface area contributed by atoms with E-state index in [0.717, 1.165) is 6.42 Å². The molecule has 0 aliphatic carbocycles. The van der Waals surface area contributed by atoms with Crippen molar-refractivity contribution in [3.05, 3.63) is 72.8 Å². The van der Waals surface area contributed by atoms with Crippen LogP contribution in [-0.4, -0.2) is 0 Å². The number of allylic oxidation sites excluding steroid dienone is 1. The molecule has 0 aliphatic heterocycles. The van der Waals surface area contributed by atoms with Crippen LogP contribution >= 0.6 is 0 Å². The Morgan fingerprint density at radius 1 is 0.765 bits per heavy atom. The summed E-state index contributed by atoms with van der Waals surface area (Å²) in [7, 11) is 0. The summed E-state index contributed by atoms with van der Waals surface area (Å²) in [4.78, 5) is 0. The third kappa shape index (κ3) is 1.62. The molecule has 0 saturated carbocycles. The van der Waals surface area contributed by atoms with Crippen molar-refractivity contribution >= 4 is 21.5 Å². The van der Waals surface area contributed by atoms with Gasteiger partial charge < -0.3 is 0 Å². The summed E-state index contributed by atoms with van der Waals surface area (Å²) in [5, 5.41) is 5.31. The van der Waals surface area contributed by atoms with Crippen molar-refractivity contribution < 1.29 is 0 Å². The summed E-state index contributed by atoms with van der Waals surface area (Å²) in [5.74, 6) is 0. The third-order valence-corrected chi connectivity index (χ3v) is 3.24. The van der Waals surface area contributed by atoms with Crippen molar-refractivity contribution in [3.8, 4) is 0 Å². The normalized spacial score (nSPS) is 10.8. The Morgan fingerprint density at radius 2 is 1.59 bits per heavy atom. The van der Waals surface area contributed by atoms with Crippen LogP contribution in [0.25, 0.3) is 21.5 Å². The first-order chi connectivity index (χ1) is 8.40. The third-order valence-electron chi connectivity index (χ3n) is 3.24. The fraction of sp³-hybridized carbons (Fsp3) is 0.0588. The summed E-state index contributed by atoms with van der Waals surface area (Å²) in [5.41, 5.74) is 1.35. The van der Waals surface area contributed by atoms with E-state index in [2.05, 4.69) is 61.2 Å². The van der Waals surface area contributed by atoms with Gasteiger partial charge in [0.1, 0.15) is 0 Å². The van der Waals surface area contributed by atoms with E-state index >= 15 is 0 Å². The lowest BCUT2D eigenvalue weighted by Crippen LogP contribution is -1.85. The van der Waals surface area contributed by atoms with Crippen molar-refractivity contribution in [1.29, 1.82) is 0 Å². The standard InChI is InChI=1S/C17H14/c1-2-6-13-8-5-10-17-15-9-4-3-7-14(15)11-12-16(13)17/h2-5,7-12H,1,6H2. The molecule has 0 N–H and O–H groups in total. The van der Waals surface area contributed by atoms with Gasteiger partial charge in [0.15, 0.2) is 0 Å².